The molecule has 2 atom stereocenters. The molecular weight excluding hydrogens is 214 g/mol. The van der Waals surface area contributed by atoms with Crippen molar-refractivity contribution in [1.29, 1.82) is 0 Å². The van der Waals surface area contributed by atoms with E-state index in [9.17, 15) is 10.2 Å². The van der Waals surface area contributed by atoms with Crippen LogP contribution in [0.2, 0.25) is 0 Å². The van der Waals surface area contributed by atoms with Crippen molar-refractivity contribution in [3.63, 3.8) is 0 Å². The van der Waals surface area contributed by atoms with Gasteiger partial charge in [-0.3, -0.25) is 0 Å². The summed E-state index contributed by atoms with van der Waals surface area (Å²) in [4.78, 5) is 0. The smallest absolute Gasteiger partial charge is 0.124 e. The van der Waals surface area contributed by atoms with Crippen molar-refractivity contribution < 1.29 is 10.2 Å². The van der Waals surface area contributed by atoms with Gasteiger partial charge in [0.05, 0.1) is 0 Å². The summed E-state index contributed by atoms with van der Waals surface area (Å²) in [7, 11) is 0. The van der Waals surface area contributed by atoms with Gasteiger partial charge in [0.15, 0.2) is 0 Å². The topological polar surface area (TPSA) is 52.5 Å². The molecule has 1 aromatic carbocycles. The average Bonchev–Trinajstić information content (AvgIpc) is 2.25. The summed E-state index contributed by atoms with van der Waals surface area (Å²) in [5.74, 6) is 1.47. The molecule has 3 nitrogen and oxygen atoms in total. The number of phenolic OH excluding ortho intramolecular Hbond substituents is 2. The van der Waals surface area contributed by atoms with Crippen molar-refractivity contribution in [2.24, 2.45) is 11.8 Å². The van der Waals surface area contributed by atoms with Crippen LogP contribution in [-0.2, 0) is 0 Å². The quantitative estimate of drug-likeness (QED) is 0.737. The van der Waals surface area contributed by atoms with Gasteiger partial charge < -0.3 is 15.5 Å². The average molecular weight is 237 g/mol. The fourth-order valence-corrected chi connectivity index (χ4v) is 1.61. The van der Waals surface area contributed by atoms with E-state index in [1.807, 2.05) is 6.92 Å². The van der Waals surface area contributed by atoms with E-state index in [-0.39, 0.29) is 17.5 Å². The summed E-state index contributed by atoms with van der Waals surface area (Å²) >= 11 is 0. The molecule has 0 radical (unpaired) electrons. The molecule has 0 saturated heterocycles. The summed E-state index contributed by atoms with van der Waals surface area (Å²) in [6.07, 6.45) is 0. The zero-order chi connectivity index (χ0) is 13.0. The van der Waals surface area contributed by atoms with Gasteiger partial charge in [-0.25, -0.2) is 0 Å². The third kappa shape index (κ3) is 3.93. The van der Waals surface area contributed by atoms with E-state index in [1.54, 1.807) is 12.1 Å². The van der Waals surface area contributed by atoms with Crippen molar-refractivity contribution in [3.8, 4) is 11.5 Å². The SMILES string of the molecule is CC(NCC(C)C(C)C)c1ccc(O)cc1O. The molecule has 0 amide bonds. The maximum Gasteiger partial charge on any atom is 0.124 e. The largest absolute Gasteiger partial charge is 0.508 e. The van der Waals surface area contributed by atoms with Crippen molar-refractivity contribution >= 4 is 0 Å². The molecule has 0 spiro atoms. The number of aromatic hydroxyl groups is 2. The molecule has 0 saturated carbocycles. The number of benzene rings is 1. The molecular formula is C14H23NO2. The Hall–Kier alpha value is -1.22. The standard InChI is InChI=1S/C14H23NO2/c1-9(2)10(3)8-15-11(4)13-6-5-12(16)7-14(13)17/h5-7,9-11,15-17H,8H2,1-4H3. The molecule has 2 unspecified atom stereocenters. The van der Waals surface area contributed by atoms with Gasteiger partial charge in [0, 0.05) is 17.7 Å². The van der Waals surface area contributed by atoms with Gasteiger partial charge in [0.2, 0.25) is 0 Å². The molecule has 17 heavy (non-hydrogen) atoms. The molecule has 0 aliphatic carbocycles. The van der Waals surface area contributed by atoms with E-state index < -0.39 is 0 Å². The molecule has 0 fully saturated rings. The number of rotatable bonds is 5. The van der Waals surface area contributed by atoms with Crippen LogP contribution in [0.15, 0.2) is 18.2 Å². The molecule has 0 aromatic heterocycles. The van der Waals surface area contributed by atoms with E-state index in [0.29, 0.717) is 11.8 Å². The molecule has 0 bridgehead atoms. The highest BCUT2D eigenvalue weighted by Gasteiger charge is 2.13. The molecule has 0 heterocycles. The van der Waals surface area contributed by atoms with Gasteiger partial charge in [-0.15, -0.1) is 0 Å². The van der Waals surface area contributed by atoms with E-state index in [0.717, 1.165) is 12.1 Å². The Morgan fingerprint density at radius 3 is 2.29 bits per heavy atom. The monoisotopic (exact) mass is 237 g/mol. The molecule has 3 heteroatoms. The number of nitrogens with one attached hydrogen (secondary N) is 1. The van der Waals surface area contributed by atoms with E-state index in [2.05, 4.69) is 26.1 Å². The van der Waals surface area contributed by atoms with Crippen molar-refractivity contribution in [2.75, 3.05) is 6.54 Å². The molecule has 1 rings (SSSR count). The summed E-state index contributed by atoms with van der Waals surface area (Å²) in [5.41, 5.74) is 0.818. The first kappa shape index (κ1) is 13.8. The Morgan fingerprint density at radius 2 is 1.76 bits per heavy atom. The van der Waals surface area contributed by atoms with Crippen molar-refractivity contribution in [3.05, 3.63) is 23.8 Å². The van der Waals surface area contributed by atoms with Gasteiger partial charge >= 0.3 is 0 Å². The van der Waals surface area contributed by atoms with Crippen LogP contribution in [0.3, 0.4) is 0 Å². The summed E-state index contributed by atoms with van der Waals surface area (Å²) in [6.45, 7) is 9.55. The van der Waals surface area contributed by atoms with Crippen molar-refractivity contribution in [1.82, 2.24) is 5.32 Å². The maximum atomic E-state index is 9.74. The summed E-state index contributed by atoms with van der Waals surface area (Å²) in [5, 5.41) is 22.4. The van der Waals surface area contributed by atoms with Crippen LogP contribution in [0.4, 0.5) is 0 Å². The minimum atomic E-state index is 0.0804. The van der Waals surface area contributed by atoms with Gasteiger partial charge in [0.1, 0.15) is 11.5 Å². The van der Waals surface area contributed by atoms with Crippen LogP contribution in [0.25, 0.3) is 0 Å². The Bertz CT molecular complexity index is 363. The van der Waals surface area contributed by atoms with Gasteiger partial charge in [-0.05, 0) is 31.4 Å². The zero-order valence-electron chi connectivity index (χ0n) is 11.1. The van der Waals surface area contributed by atoms with E-state index in [4.69, 9.17) is 0 Å². The second-order valence-electron chi connectivity index (χ2n) is 5.09. The van der Waals surface area contributed by atoms with Crippen LogP contribution >= 0.6 is 0 Å². The summed E-state index contributed by atoms with van der Waals surface area (Å²) < 4.78 is 0. The van der Waals surface area contributed by atoms with Crippen LogP contribution in [0, 0.1) is 11.8 Å². The van der Waals surface area contributed by atoms with Crippen LogP contribution in [0.1, 0.15) is 39.3 Å². The zero-order valence-corrected chi connectivity index (χ0v) is 11.1. The second kappa shape index (κ2) is 5.92. The number of phenols is 2. The van der Waals surface area contributed by atoms with Crippen LogP contribution in [0.5, 0.6) is 11.5 Å². The second-order valence-corrected chi connectivity index (χ2v) is 5.09. The normalized spacial score (nSPS) is 14.9. The lowest BCUT2D eigenvalue weighted by Gasteiger charge is -2.21. The Kier molecular flexibility index (Phi) is 4.82. The van der Waals surface area contributed by atoms with E-state index >= 15 is 0 Å². The third-order valence-electron chi connectivity index (χ3n) is 3.36. The molecule has 96 valence electrons. The van der Waals surface area contributed by atoms with Gasteiger partial charge in [-0.2, -0.15) is 0 Å². The summed E-state index contributed by atoms with van der Waals surface area (Å²) in [6, 6.07) is 4.80. The first-order valence-corrected chi connectivity index (χ1v) is 6.17. The minimum Gasteiger partial charge on any atom is -0.508 e. The fraction of sp³-hybridized carbons (Fsp3) is 0.571. The highest BCUT2D eigenvalue weighted by Crippen LogP contribution is 2.27. The highest BCUT2D eigenvalue weighted by atomic mass is 16.3. The first-order valence-electron chi connectivity index (χ1n) is 6.17. The predicted octanol–water partition coefficient (Wildman–Crippen LogP) is 3.04. The number of hydrogen-bond donors (Lipinski definition) is 3. The van der Waals surface area contributed by atoms with Crippen LogP contribution in [-0.4, -0.2) is 16.8 Å². The minimum absolute atomic E-state index is 0.0804. The van der Waals surface area contributed by atoms with Crippen molar-refractivity contribution in [2.45, 2.75) is 33.7 Å². The molecule has 0 aliphatic rings. The maximum absolute atomic E-state index is 9.74. The fourth-order valence-electron chi connectivity index (χ4n) is 1.61. The predicted molar refractivity (Wildman–Crippen MR) is 70.2 cm³/mol. The van der Waals surface area contributed by atoms with E-state index in [1.165, 1.54) is 6.07 Å². The lowest BCUT2D eigenvalue weighted by atomic mass is 9.97. The lowest BCUT2D eigenvalue weighted by molar-refractivity contribution is 0.370. The Morgan fingerprint density at radius 1 is 1.12 bits per heavy atom. The van der Waals surface area contributed by atoms with Gasteiger partial charge in [-0.1, -0.05) is 26.8 Å². The molecule has 0 aliphatic heterocycles. The number of hydrogen-bond acceptors (Lipinski definition) is 3. The third-order valence-corrected chi connectivity index (χ3v) is 3.36. The highest BCUT2D eigenvalue weighted by molar-refractivity contribution is 5.40. The molecule has 1 aromatic rings. The molecule has 3 N–H and O–H groups in total. The Balaban J connectivity index is 2.61. The van der Waals surface area contributed by atoms with Gasteiger partial charge in [0.25, 0.3) is 0 Å². The lowest BCUT2D eigenvalue weighted by Crippen LogP contribution is -2.26. The van der Waals surface area contributed by atoms with Crippen LogP contribution < -0.4 is 5.32 Å². The Labute approximate surface area is 103 Å². The first-order chi connectivity index (χ1) is 7.91.